The number of rotatable bonds is 4. The highest BCUT2D eigenvalue weighted by Gasteiger charge is 2.00. The second-order valence-electron chi connectivity index (χ2n) is 3.45. The molecule has 1 rings (SSSR count). The van der Waals surface area contributed by atoms with E-state index < -0.39 is 0 Å². The van der Waals surface area contributed by atoms with Crippen molar-refractivity contribution in [2.45, 2.75) is 13.5 Å². The summed E-state index contributed by atoms with van der Waals surface area (Å²) in [6.07, 6.45) is 0. The van der Waals surface area contributed by atoms with Crippen LogP contribution in [-0.4, -0.2) is 25.7 Å². The molecule has 2 nitrogen and oxygen atoms in total. The number of hydrogen-bond donors (Lipinski definition) is 1. The first-order valence-electron chi connectivity index (χ1n) is 4.61. The summed E-state index contributed by atoms with van der Waals surface area (Å²) < 4.78 is 0. The van der Waals surface area contributed by atoms with Crippen molar-refractivity contribution in [1.82, 2.24) is 10.2 Å². The molecule has 1 aromatic carbocycles. The van der Waals surface area contributed by atoms with Crippen molar-refractivity contribution in [2.24, 2.45) is 0 Å². The first-order chi connectivity index (χ1) is 6.24. The summed E-state index contributed by atoms with van der Waals surface area (Å²) in [6, 6.07) is 8.51. The molecule has 0 saturated carbocycles. The summed E-state index contributed by atoms with van der Waals surface area (Å²) in [7, 11) is 4.08. The molecule has 0 atom stereocenters. The Bertz CT molecular complexity index is 258. The largest absolute Gasteiger partial charge is 0.307 e. The van der Waals surface area contributed by atoms with Crippen molar-refractivity contribution in [3.05, 3.63) is 35.4 Å². The highest BCUT2D eigenvalue weighted by molar-refractivity contribution is 5.25. The van der Waals surface area contributed by atoms with Gasteiger partial charge in [-0.3, -0.25) is 4.90 Å². The third-order valence-electron chi connectivity index (χ3n) is 2.13. The van der Waals surface area contributed by atoms with E-state index in [1.807, 2.05) is 7.05 Å². The van der Waals surface area contributed by atoms with Crippen molar-refractivity contribution < 1.29 is 0 Å². The molecule has 0 spiro atoms. The Kier molecular flexibility index (Phi) is 3.93. The van der Waals surface area contributed by atoms with Crippen LogP contribution in [0.3, 0.4) is 0 Å². The third-order valence-corrected chi connectivity index (χ3v) is 2.13. The molecule has 1 N–H and O–H groups in total. The molecule has 0 aliphatic carbocycles. The maximum Gasteiger partial charge on any atom is 0.0478 e. The highest BCUT2D eigenvalue weighted by Crippen LogP contribution is 2.08. The van der Waals surface area contributed by atoms with Gasteiger partial charge in [-0.2, -0.15) is 0 Å². The lowest BCUT2D eigenvalue weighted by molar-refractivity contribution is 0.309. The number of benzene rings is 1. The molecule has 0 saturated heterocycles. The zero-order valence-corrected chi connectivity index (χ0v) is 8.67. The Morgan fingerprint density at radius 1 is 1.31 bits per heavy atom. The van der Waals surface area contributed by atoms with Gasteiger partial charge < -0.3 is 5.32 Å². The Labute approximate surface area is 80.6 Å². The summed E-state index contributed by atoms with van der Waals surface area (Å²) in [4.78, 5) is 2.25. The molecule has 0 unspecified atom stereocenters. The Morgan fingerprint density at radius 2 is 2.00 bits per heavy atom. The molecular weight excluding hydrogens is 160 g/mol. The fourth-order valence-electron chi connectivity index (χ4n) is 1.40. The summed E-state index contributed by atoms with van der Waals surface area (Å²) >= 11 is 0. The first-order valence-corrected chi connectivity index (χ1v) is 4.61. The second-order valence-corrected chi connectivity index (χ2v) is 3.45. The van der Waals surface area contributed by atoms with E-state index in [0.717, 1.165) is 13.2 Å². The molecule has 0 heterocycles. The van der Waals surface area contributed by atoms with Crippen molar-refractivity contribution in [3.8, 4) is 0 Å². The van der Waals surface area contributed by atoms with E-state index in [-0.39, 0.29) is 0 Å². The van der Waals surface area contributed by atoms with Crippen molar-refractivity contribution in [3.63, 3.8) is 0 Å². The summed E-state index contributed by atoms with van der Waals surface area (Å²) in [5, 5.41) is 3.13. The van der Waals surface area contributed by atoms with E-state index in [0.29, 0.717) is 0 Å². The minimum absolute atomic E-state index is 0.925. The lowest BCUT2D eigenvalue weighted by Crippen LogP contribution is -2.28. The van der Waals surface area contributed by atoms with Crippen LogP contribution in [0.25, 0.3) is 0 Å². The van der Waals surface area contributed by atoms with Gasteiger partial charge >= 0.3 is 0 Å². The smallest absolute Gasteiger partial charge is 0.0478 e. The molecular formula is C11H18N2. The van der Waals surface area contributed by atoms with E-state index in [9.17, 15) is 0 Å². The number of hydrogen-bond acceptors (Lipinski definition) is 2. The van der Waals surface area contributed by atoms with Crippen LogP contribution in [0.5, 0.6) is 0 Å². The molecule has 72 valence electrons. The van der Waals surface area contributed by atoms with Crippen LogP contribution in [-0.2, 0) is 6.54 Å². The van der Waals surface area contributed by atoms with E-state index in [4.69, 9.17) is 0 Å². The predicted molar refractivity (Wildman–Crippen MR) is 56.6 cm³/mol. The highest BCUT2D eigenvalue weighted by atomic mass is 15.2. The first kappa shape index (κ1) is 10.2. The van der Waals surface area contributed by atoms with E-state index in [2.05, 4.69) is 48.5 Å². The quantitative estimate of drug-likeness (QED) is 0.705. The molecule has 2 heteroatoms. The zero-order chi connectivity index (χ0) is 9.68. The minimum Gasteiger partial charge on any atom is -0.307 e. The molecule has 0 aliphatic rings. The van der Waals surface area contributed by atoms with Crippen LogP contribution in [0.15, 0.2) is 24.3 Å². The lowest BCUT2D eigenvalue weighted by atomic mass is 10.1. The van der Waals surface area contributed by atoms with Gasteiger partial charge in [-0.25, -0.2) is 0 Å². The average molecular weight is 178 g/mol. The Balaban J connectivity index is 2.58. The normalized spacial score (nSPS) is 10.8. The molecule has 0 radical (unpaired) electrons. The summed E-state index contributed by atoms with van der Waals surface area (Å²) in [5.74, 6) is 0. The van der Waals surface area contributed by atoms with Gasteiger partial charge in [0, 0.05) is 13.2 Å². The van der Waals surface area contributed by atoms with Crippen LogP contribution in [0.1, 0.15) is 11.1 Å². The van der Waals surface area contributed by atoms with Crippen molar-refractivity contribution in [2.75, 3.05) is 20.8 Å². The van der Waals surface area contributed by atoms with Crippen LogP contribution in [0.4, 0.5) is 0 Å². The number of nitrogens with zero attached hydrogens (tertiary/aromatic N) is 1. The zero-order valence-electron chi connectivity index (χ0n) is 8.67. The van der Waals surface area contributed by atoms with Crippen LogP contribution < -0.4 is 5.32 Å². The number of nitrogens with one attached hydrogen (secondary N) is 1. The molecule has 0 amide bonds. The van der Waals surface area contributed by atoms with Crippen molar-refractivity contribution >= 4 is 0 Å². The van der Waals surface area contributed by atoms with Gasteiger partial charge in [0.15, 0.2) is 0 Å². The van der Waals surface area contributed by atoms with Crippen LogP contribution in [0, 0.1) is 6.92 Å². The van der Waals surface area contributed by atoms with Gasteiger partial charge in [-0.15, -0.1) is 0 Å². The molecule has 0 fully saturated rings. The molecule has 1 aromatic rings. The van der Waals surface area contributed by atoms with Gasteiger partial charge in [-0.1, -0.05) is 24.3 Å². The second kappa shape index (κ2) is 5.00. The standard InChI is InChI=1S/C11H18N2/c1-10-6-4-5-7-11(10)8-13(3)9-12-2/h4-7,12H,8-9H2,1-3H3. The fourth-order valence-corrected chi connectivity index (χ4v) is 1.40. The van der Waals surface area contributed by atoms with Gasteiger partial charge in [0.05, 0.1) is 0 Å². The predicted octanol–water partition coefficient (Wildman–Crippen LogP) is 1.60. The van der Waals surface area contributed by atoms with Gasteiger partial charge in [-0.05, 0) is 32.1 Å². The molecule has 0 bridgehead atoms. The van der Waals surface area contributed by atoms with Crippen LogP contribution in [0.2, 0.25) is 0 Å². The molecule has 0 aromatic heterocycles. The Morgan fingerprint density at radius 3 is 2.62 bits per heavy atom. The maximum absolute atomic E-state index is 3.13. The summed E-state index contributed by atoms with van der Waals surface area (Å²) in [6.45, 7) is 4.09. The van der Waals surface area contributed by atoms with E-state index >= 15 is 0 Å². The fraction of sp³-hybridized carbons (Fsp3) is 0.455. The molecule has 0 aliphatic heterocycles. The van der Waals surface area contributed by atoms with E-state index in [1.165, 1.54) is 11.1 Å². The SMILES string of the molecule is CNCN(C)Cc1ccccc1C. The van der Waals surface area contributed by atoms with Crippen molar-refractivity contribution in [1.29, 1.82) is 0 Å². The third kappa shape index (κ3) is 3.17. The lowest BCUT2D eigenvalue weighted by Gasteiger charge is -2.17. The Hall–Kier alpha value is -0.860. The maximum atomic E-state index is 3.13. The summed E-state index contributed by atoms with van der Waals surface area (Å²) in [5.41, 5.74) is 2.77. The monoisotopic (exact) mass is 178 g/mol. The average Bonchev–Trinajstić information content (AvgIpc) is 2.09. The van der Waals surface area contributed by atoms with Gasteiger partial charge in [0.1, 0.15) is 0 Å². The molecule has 13 heavy (non-hydrogen) atoms. The minimum atomic E-state index is 0.925. The topological polar surface area (TPSA) is 15.3 Å². The van der Waals surface area contributed by atoms with Crippen LogP contribution >= 0.6 is 0 Å². The number of aryl methyl sites for hydroxylation is 1. The van der Waals surface area contributed by atoms with E-state index in [1.54, 1.807) is 0 Å². The van der Waals surface area contributed by atoms with Gasteiger partial charge in [0.25, 0.3) is 0 Å². The van der Waals surface area contributed by atoms with Gasteiger partial charge in [0.2, 0.25) is 0 Å².